The molecule has 0 aliphatic rings. The van der Waals surface area contributed by atoms with E-state index in [1.165, 1.54) is 24.8 Å². The summed E-state index contributed by atoms with van der Waals surface area (Å²) < 4.78 is 5.40. The van der Waals surface area contributed by atoms with E-state index in [9.17, 15) is 4.79 Å². The Morgan fingerprint density at radius 2 is 1.84 bits per heavy atom. The minimum atomic E-state index is -0.247. The number of nitrogens with zero attached hydrogens (tertiary/aromatic N) is 1. The van der Waals surface area contributed by atoms with Gasteiger partial charge >= 0.3 is 0 Å². The molecule has 1 aromatic heterocycles. The van der Waals surface area contributed by atoms with Crippen LogP contribution in [0.5, 0.6) is 5.75 Å². The van der Waals surface area contributed by atoms with E-state index in [1.54, 1.807) is 31.5 Å². The second-order valence-electron chi connectivity index (χ2n) is 7.41. The van der Waals surface area contributed by atoms with Crippen LogP contribution >= 0.6 is 0 Å². The first-order valence-corrected chi connectivity index (χ1v) is 10.9. The Kier molecular flexibility index (Phi) is 8.41. The summed E-state index contributed by atoms with van der Waals surface area (Å²) >= 11 is 0. The van der Waals surface area contributed by atoms with Gasteiger partial charge in [-0.1, -0.05) is 62.2 Å². The number of allylic oxidation sites excluding steroid dienone is 2. The van der Waals surface area contributed by atoms with Gasteiger partial charge in [-0.3, -0.25) is 9.78 Å². The molecule has 4 nitrogen and oxygen atoms in total. The molecule has 0 bridgehead atoms. The molecule has 0 radical (unpaired) electrons. The predicted molar refractivity (Wildman–Crippen MR) is 128 cm³/mol. The van der Waals surface area contributed by atoms with Crippen molar-refractivity contribution in [1.82, 2.24) is 4.98 Å². The SMILES string of the molecule is CCCCC/C=C/Cc1ccccc1-c1ccc(OC)cc1NC(=O)c1ccccn1. The highest BCUT2D eigenvalue weighted by Gasteiger charge is 2.14. The number of nitrogens with one attached hydrogen (secondary N) is 1. The molecule has 4 heteroatoms. The van der Waals surface area contributed by atoms with Crippen molar-refractivity contribution in [2.24, 2.45) is 0 Å². The van der Waals surface area contributed by atoms with Crippen LogP contribution in [0.3, 0.4) is 0 Å². The first kappa shape index (κ1) is 22.3. The molecule has 0 aliphatic heterocycles. The van der Waals surface area contributed by atoms with Crippen LogP contribution in [0.25, 0.3) is 11.1 Å². The van der Waals surface area contributed by atoms with Crippen LogP contribution in [-0.2, 0) is 6.42 Å². The number of pyridine rings is 1. The summed E-state index contributed by atoms with van der Waals surface area (Å²) in [5.74, 6) is 0.441. The van der Waals surface area contributed by atoms with Crippen molar-refractivity contribution in [2.45, 2.75) is 39.0 Å². The Morgan fingerprint density at radius 3 is 2.61 bits per heavy atom. The molecule has 2 aromatic carbocycles. The van der Waals surface area contributed by atoms with Crippen molar-refractivity contribution in [2.75, 3.05) is 12.4 Å². The third kappa shape index (κ3) is 6.29. The molecule has 0 fully saturated rings. The Labute approximate surface area is 185 Å². The summed E-state index contributed by atoms with van der Waals surface area (Å²) in [6.07, 6.45) is 11.8. The lowest BCUT2D eigenvalue weighted by Gasteiger charge is -2.15. The topological polar surface area (TPSA) is 51.2 Å². The van der Waals surface area contributed by atoms with Crippen molar-refractivity contribution >= 4 is 11.6 Å². The number of unbranched alkanes of at least 4 members (excludes halogenated alkanes) is 3. The largest absolute Gasteiger partial charge is 0.497 e. The van der Waals surface area contributed by atoms with Crippen LogP contribution < -0.4 is 10.1 Å². The quantitative estimate of drug-likeness (QED) is 0.297. The van der Waals surface area contributed by atoms with Gasteiger partial charge in [0.2, 0.25) is 0 Å². The fourth-order valence-electron chi connectivity index (χ4n) is 3.47. The number of carbonyl (C=O) groups is 1. The normalized spacial score (nSPS) is 10.9. The number of hydrogen-bond acceptors (Lipinski definition) is 3. The van der Waals surface area contributed by atoms with Crippen molar-refractivity contribution in [1.29, 1.82) is 0 Å². The van der Waals surface area contributed by atoms with Crippen LogP contribution in [0.15, 0.2) is 79.0 Å². The Bertz CT molecular complexity index is 1010. The summed E-state index contributed by atoms with van der Waals surface area (Å²) in [5.41, 5.74) is 4.35. The highest BCUT2D eigenvalue weighted by atomic mass is 16.5. The Balaban J connectivity index is 1.88. The summed E-state index contributed by atoms with van der Waals surface area (Å²) in [6, 6.07) is 19.4. The van der Waals surface area contributed by atoms with E-state index in [0.29, 0.717) is 17.1 Å². The maximum absolute atomic E-state index is 12.8. The summed E-state index contributed by atoms with van der Waals surface area (Å²) in [7, 11) is 1.62. The van der Waals surface area contributed by atoms with Gasteiger partial charge in [-0.2, -0.15) is 0 Å². The van der Waals surface area contributed by atoms with Gasteiger partial charge in [0.05, 0.1) is 12.8 Å². The molecular weight excluding hydrogens is 384 g/mol. The van der Waals surface area contributed by atoms with Crippen LogP contribution in [0.1, 0.15) is 48.7 Å². The molecule has 3 aromatic rings. The molecule has 0 saturated heterocycles. The molecule has 31 heavy (non-hydrogen) atoms. The zero-order valence-corrected chi connectivity index (χ0v) is 18.3. The van der Waals surface area contributed by atoms with Gasteiger partial charge in [0.25, 0.3) is 5.91 Å². The number of ether oxygens (including phenoxy) is 1. The van der Waals surface area contributed by atoms with E-state index in [4.69, 9.17) is 4.74 Å². The van der Waals surface area contributed by atoms with Crippen LogP contribution in [0, 0.1) is 0 Å². The minimum absolute atomic E-state index is 0.247. The number of rotatable bonds is 10. The number of hydrogen-bond donors (Lipinski definition) is 1. The third-order valence-corrected chi connectivity index (χ3v) is 5.16. The summed E-state index contributed by atoms with van der Waals surface area (Å²) in [4.78, 5) is 16.9. The van der Waals surface area contributed by atoms with Gasteiger partial charge in [0.1, 0.15) is 11.4 Å². The molecule has 1 heterocycles. The summed E-state index contributed by atoms with van der Waals surface area (Å²) in [5, 5.41) is 3.02. The maximum atomic E-state index is 12.8. The maximum Gasteiger partial charge on any atom is 0.274 e. The highest BCUT2D eigenvalue weighted by molar-refractivity contribution is 6.05. The van der Waals surface area contributed by atoms with Gasteiger partial charge in [-0.15, -0.1) is 0 Å². The summed E-state index contributed by atoms with van der Waals surface area (Å²) in [6.45, 7) is 2.22. The Morgan fingerprint density at radius 1 is 1.00 bits per heavy atom. The van der Waals surface area contributed by atoms with E-state index in [0.717, 1.165) is 24.0 Å². The number of methoxy groups -OCH3 is 1. The zero-order chi connectivity index (χ0) is 21.9. The predicted octanol–water partition coefficient (Wildman–Crippen LogP) is 6.69. The van der Waals surface area contributed by atoms with Gasteiger partial charge in [0, 0.05) is 17.8 Å². The molecule has 3 rings (SSSR count). The molecule has 1 amide bonds. The van der Waals surface area contributed by atoms with E-state index in [1.807, 2.05) is 24.3 Å². The fourth-order valence-corrected chi connectivity index (χ4v) is 3.47. The number of aromatic nitrogens is 1. The van der Waals surface area contributed by atoms with E-state index in [-0.39, 0.29) is 5.91 Å². The lowest BCUT2D eigenvalue weighted by Crippen LogP contribution is -2.14. The number of benzene rings is 2. The monoisotopic (exact) mass is 414 g/mol. The molecule has 160 valence electrons. The zero-order valence-electron chi connectivity index (χ0n) is 18.3. The second-order valence-corrected chi connectivity index (χ2v) is 7.41. The molecule has 1 N–H and O–H groups in total. The second kappa shape index (κ2) is 11.7. The lowest BCUT2D eigenvalue weighted by molar-refractivity contribution is 0.102. The molecule has 0 unspecified atom stereocenters. The van der Waals surface area contributed by atoms with Crippen molar-refractivity contribution in [3.05, 3.63) is 90.3 Å². The van der Waals surface area contributed by atoms with Gasteiger partial charge in [0.15, 0.2) is 0 Å². The van der Waals surface area contributed by atoms with Crippen LogP contribution in [-0.4, -0.2) is 18.0 Å². The van der Waals surface area contributed by atoms with Crippen molar-refractivity contribution < 1.29 is 9.53 Å². The van der Waals surface area contributed by atoms with E-state index < -0.39 is 0 Å². The molecule has 0 spiro atoms. The van der Waals surface area contributed by atoms with E-state index >= 15 is 0 Å². The molecule has 0 atom stereocenters. The first-order valence-electron chi connectivity index (χ1n) is 10.9. The molecule has 0 saturated carbocycles. The van der Waals surface area contributed by atoms with Gasteiger partial charge in [-0.25, -0.2) is 0 Å². The van der Waals surface area contributed by atoms with Gasteiger partial charge < -0.3 is 10.1 Å². The van der Waals surface area contributed by atoms with Crippen LogP contribution in [0.4, 0.5) is 5.69 Å². The average molecular weight is 415 g/mol. The highest BCUT2D eigenvalue weighted by Crippen LogP contribution is 2.34. The third-order valence-electron chi connectivity index (χ3n) is 5.16. The minimum Gasteiger partial charge on any atom is -0.497 e. The molecular formula is C27H30N2O2. The molecule has 0 aliphatic carbocycles. The number of anilines is 1. The van der Waals surface area contributed by atoms with E-state index in [2.05, 4.69) is 47.6 Å². The van der Waals surface area contributed by atoms with Crippen LogP contribution in [0.2, 0.25) is 0 Å². The van der Waals surface area contributed by atoms with Crippen molar-refractivity contribution in [3.63, 3.8) is 0 Å². The fraction of sp³-hybridized carbons (Fsp3) is 0.259. The smallest absolute Gasteiger partial charge is 0.274 e. The Hall–Kier alpha value is -3.40. The van der Waals surface area contributed by atoms with Crippen molar-refractivity contribution in [3.8, 4) is 16.9 Å². The standard InChI is InChI=1S/C27H30N2O2/c1-3-4-5-6-7-8-13-21-14-9-10-15-23(21)24-18-17-22(31-2)20-26(24)29-27(30)25-16-11-12-19-28-25/h7-12,14-20H,3-6,13H2,1-2H3,(H,29,30)/b8-7+. The van der Waals surface area contributed by atoms with Gasteiger partial charge in [-0.05, 0) is 54.7 Å². The number of amides is 1. The lowest BCUT2D eigenvalue weighted by atomic mass is 9.95. The average Bonchev–Trinajstić information content (AvgIpc) is 2.82. The first-order chi connectivity index (χ1) is 15.2. The number of carbonyl (C=O) groups excluding carboxylic acids is 1.